The number of ether oxygens (including phenoxy) is 1. The number of para-hydroxylation sites is 1. The smallest absolute Gasteiger partial charge is 0.129 e. The first-order chi connectivity index (χ1) is 10.1. The molecule has 0 amide bonds. The fraction of sp³-hybridized carbons (Fsp3) is 0.267. The molecular weight excluding hydrogens is 368 g/mol. The Morgan fingerprint density at radius 3 is 2.86 bits per heavy atom. The summed E-state index contributed by atoms with van der Waals surface area (Å²) in [6.45, 7) is 2.34. The second-order valence-electron chi connectivity index (χ2n) is 4.71. The number of thiocarbonyl (C=S) groups is 1. The first-order valence-electron chi connectivity index (χ1n) is 6.49. The Morgan fingerprint density at radius 1 is 1.43 bits per heavy atom. The summed E-state index contributed by atoms with van der Waals surface area (Å²) in [5, 5.41) is 2.16. The van der Waals surface area contributed by atoms with Crippen molar-refractivity contribution in [3.05, 3.63) is 50.6 Å². The normalized spacial score (nSPS) is 10.8. The second kappa shape index (κ2) is 7.89. The number of hydrogen-bond donors (Lipinski definition) is 1. The molecule has 1 aromatic carbocycles. The van der Waals surface area contributed by atoms with Crippen molar-refractivity contribution in [1.29, 1.82) is 0 Å². The summed E-state index contributed by atoms with van der Waals surface area (Å²) in [5.74, 6) is 0.747. The third-order valence-corrected chi connectivity index (χ3v) is 4.73. The molecule has 0 atom stereocenters. The standard InChI is InChI=1S/C15H17BrN2OS2/c1-18(9-11-8-14(16)21-10-11)6-7-19-13-5-3-2-4-12(13)15(17)20/h2-5,8,10H,6-7,9H2,1H3,(H2,17,20). The van der Waals surface area contributed by atoms with Gasteiger partial charge in [-0.05, 0) is 52.1 Å². The highest BCUT2D eigenvalue weighted by atomic mass is 79.9. The topological polar surface area (TPSA) is 38.5 Å². The molecule has 1 heterocycles. The van der Waals surface area contributed by atoms with Crippen LogP contribution in [0.4, 0.5) is 0 Å². The molecule has 0 radical (unpaired) electrons. The molecule has 0 spiro atoms. The molecule has 0 unspecified atom stereocenters. The number of benzene rings is 1. The van der Waals surface area contributed by atoms with Crippen molar-refractivity contribution in [2.75, 3.05) is 20.2 Å². The van der Waals surface area contributed by atoms with E-state index < -0.39 is 0 Å². The van der Waals surface area contributed by atoms with Crippen molar-refractivity contribution in [3.63, 3.8) is 0 Å². The number of nitrogens with two attached hydrogens (primary N) is 1. The second-order valence-corrected chi connectivity index (χ2v) is 7.44. The number of rotatable bonds is 7. The van der Waals surface area contributed by atoms with Crippen LogP contribution in [-0.2, 0) is 6.54 Å². The van der Waals surface area contributed by atoms with Gasteiger partial charge in [-0.25, -0.2) is 0 Å². The third kappa shape index (κ3) is 5.07. The lowest BCUT2D eigenvalue weighted by atomic mass is 10.2. The van der Waals surface area contributed by atoms with Gasteiger partial charge in [0.25, 0.3) is 0 Å². The van der Waals surface area contributed by atoms with E-state index in [1.807, 2.05) is 24.3 Å². The predicted molar refractivity (Wildman–Crippen MR) is 96.2 cm³/mol. The zero-order chi connectivity index (χ0) is 15.2. The van der Waals surface area contributed by atoms with Gasteiger partial charge in [-0.1, -0.05) is 24.4 Å². The van der Waals surface area contributed by atoms with Crippen LogP contribution >= 0.6 is 39.5 Å². The Labute approximate surface area is 142 Å². The monoisotopic (exact) mass is 384 g/mol. The van der Waals surface area contributed by atoms with Crippen LogP contribution in [0.1, 0.15) is 11.1 Å². The van der Waals surface area contributed by atoms with Crippen LogP contribution in [0, 0.1) is 0 Å². The van der Waals surface area contributed by atoms with Crippen LogP contribution in [-0.4, -0.2) is 30.1 Å². The molecule has 21 heavy (non-hydrogen) atoms. The fourth-order valence-electron chi connectivity index (χ4n) is 1.93. The first kappa shape index (κ1) is 16.4. The van der Waals surface area contributed by atoms with E-state index >= 15 is 0 Å². The number of thiophene rings is 1. The van der Waals surface area contributed by atoms with Gasteiger partial charge in [-0.2, -0.15) is 0 Å². The molecule has 2 N–H and O–H groups in total. The van der Waals surface area contributed by atoms with Crippen LogP contribution in [0.25, 0.3) is 0 Å². The van der Waals surface area contributed by atoms with E-state index in [2.05, 4.69) is 39.3 Å². The van der Waals surface area contributed by atoms with E-state index in [4.69, 9.17) is 22.7 Å². The summed E-state index contributed by atoms with van der Waals surface area (Å²) in [6.07, 6.45) is 0. The highest BCUT2D eigenvalue weighted by Gasteiger charge is 2.07. The lowest BCUT2D eigenvalue weighted by Crippen LogP contribution is -2.24. The largest absolute Gasteiger partial charge is 0.492 e. The van der Waals surface area contributed by atoms with Gasteiger partial charge in [0.2, 0.25) is 0 Å². The number of nitrogens with zero attached hydrogens (tertiary/aromatic N) is 1. The van der Waals surface area contributed by atoms with Gasteiger partial charge in [0.05, 0.1) is 9.35 Å². The molecule has 2 aromatic rings. The zero-order valence-corrected chi connectivity index (χ0v) is 14.9. The number of hydrogen-bond acceptors (Lipinski definition) is 4. The zero-order valence-electron chi connectivity index (χ0n) is 11.7. The molecule has 0 aliphatic rings. The maximum atomic E-state index is 5.80. The molecule has 1 aromatic heterocycles. The molecule has 6 heteroatoms. The van der Waals surface area contributed by atoms with Gasteiger partial charge >= 0.3 is 0 Å². The van der Waals surface area contributed by atoms with Crippen LogP contribution in [0.2, 0.25) is 0 Å². The molecule has 112 valence electrons. The average molecular weight is 385 g/mol. The van der Waals surface area contributed by atoms with Crippen LogP contribution in [0.3, 0.4) is 0 Å². The minimum absolute atomic E-state index is 0.363. The van der Waals surface area contributed by atoms with Crippen LogP contribution < -0.4 is 10.5 Å². The minimum atomic E-state index is 0.363. The van der Waals surface area contributed by atoms with Gasteiger partial charge in [0, 0.05) is 13.1 Å². The first-order valence-corrected chi connectivity index (χ1v) is 8.57. The van der Waals surface area contributed by atoms with Crippen molar-refractivity contribution in [2.24, 2.45) is 5.73 Å². The molecule has 0 bridgehead atoms. The SMILES string of the molecule is CN(CCOc1ccccc1C(N)=S)Cc1csc(Br)c1. The molecule has 0 aliphatic heterocycles. The molecule has 0 aliphatic carbocycles. The Balaban J connectivity index is 1.83. The summed E-state index contributed by atoms with van der Waals surface area (Å²) >= 11 is 10.2. The van der Waals surface area contributed by atoms with Crippen molar-refractivity contribution >= 4 is 44.5 Å². The van der Waals surface area contributed by atoms with E-state index in [-0.39, 0.29) is 0 Å². The van der Waals surface area contributed by atoms with Crippen LogP contribution in [0.5, 0.6) is 5.75 Å². The van der Waals surface area contributed by atoms with E-state index in [1.165, 1.54) is 5.56 Å². The molecule has 3 nitrogen and oxygen atoms in total. The Kier molecular flexibility index (Phi) is 6.17. The summed E-state index contributed by atoms with van der Waals surface area (Å²) in [6, 6.07) is 9.74. The van der Waals surface area contributed by atoms with Gasteiger partial charge < -0.3 is 10.5 Å². The Morgan fingerprint density at radius 2 is 2.19 bits per heavy atom. The van der Waals surface area contributed by atoms with Crippen LogP contribution in [0.15, 0.2) is 39.5 Å². The molecule has 0 saturated carbocycles. The lowest BCUT2D eigenvalue weighted by Gasteiger charge is -2.17. The summed E-state index contributed by atoms with van der Waals surface area (Å²) in [5.41, 5.74) is 7.78. The summed E-state index contributed by atoms with van der Waals surface area (Å²) in [4.78, 5) is 2.58. The van der Waals surface area contributed by atoms with Crippen molar-refractivity contribution in [2.45, 2.75) is 6.54 Å². The molecule has 2 rings (SSSR count). The highest BCUT2D eigenvalue weighted by molar-refractivity contribution is 9.11. The van der Waals surface area contributed by atoms with E-state index in [0.29, 0.717) is 11.6 Å². The van der Waals surface area contributed by atoms with Gasteiger partial charge in [0.1, 0.15) is 17.3 Å². The van der Waals surface area contributed by atoms with Gasteiger partial charge in [-0.15, -0.1) is 11.3 Å². The molecule has 0 saturated heterocycles. The minimum Gasteiger partial charge on any atom is -0.492 e. The van der Waals surface area contributed by atoms with Gasteiger partial charge in [-0.3, -0.25) is 4.90 Å². The maximum absolute atomic E-state index is 5.80. The van der Waals surface area contributed by atoms with E-state index in [1.54, 1.807) is 11.3 Å². The summed E-state index contributed by atoms with van der Waals surface area (Å²) in [7, 11) is 2.08. The maximum Gasteiger partial charge on any atom is 0.129 e. The average Bonchev–Trinajstić information content (AvgIpc) is 2.84. The number of halogens is 1. The Hall–Kier alpha value is -0.950. The summed E-state index contributed by atoms with van der Waals surface area (Å²) < 4.78 is 6.96. The van der Waals surface area contributed by atoms with Crippen molar-refractivity contribution < 1.29 is 4.74 Å². The predicted octanol–water partition coefficient (Wildman–Crippen LogP) is 3.66. The third-order valence-electron chi connectivity index (χ3n) is 2.96. The number of likely N-dealkylation sites (N-methyl/N-ethyl adjacent to an activating group) is 1. The fourth-order valence-corrected chi connectivity index (χ4v) is 3.30. The van der Waals surface area contributed by atoms with E-state index in [0.717, 1.165) is 28.2 Å². The van der Waals surface area contributed by atoms with Crippen molar-refractivity contribution in [1.82, 2.24) is 4.90 Å². The highest BCUT2D eigenvalue weighted by Crippen LogP contribution is 2.21. The van der Waals surface area contributed by atoms with E-state index in [9.17, 15) is 0 Å². The van der Waals surface area contributed by atoms with Crippen molar-refractivity contribution in [3.8, 4) is 5.75 Å². The van der Waals surface area contributed by atoms with Gasteiger partial charge in [0.15, 0.2) is 0 Å². The quantitative estimate of drug-likeness (QED) is 0.739. The lowest BCUT2D eigenvalue weighted by molar-refractivity contribution is 0.233. The molecular formula is C15H17BrN2OS2. The Bertz CT molecular complexity index is 615. The molecule has 0 fully saturated rings.